The number of hydrogen-bond acceptors (Lipinski definition) is 6. The predicted molar refractivity (Wildman–Crippen MR) is 44.1 cm³/mol. The van der Waals surface area contributed by atoms with E-state index in [1.165, 1.54) is 0 Å². The molecule has 0 atom stereocenters. The molecule has 0 heterocycles. The summed E-state index contributed by atoms with van der Waals surface area (Å²) in [4.78, 5) is 31.6. The topological polar surface area (TPSA) is 78.9 Å². The molecule has 0 spiro atoms. The molecule has 0 saturated carbocycles. The molecule has 6 nitrogen and oxygen atoms in total. The second kappa shape index (κ2) is 6.64. The highest BCUT2D eigenvalue weighted by Gasteiger charge is 2.12. The Morgan fingerprint density at radius 3 is 2.29 bits per heavy atom. The van der Waals surface area contributed by atoms with Crippen molar-refractivity contribution in [1.82, 2.24) is 0 Å². The average Bonchev–Trinajstić information content (AvgIpc) is 2.22. The smallest absolute Gasteiger partial charge is 0.337 e. The fourth-order valence-electron chi connectivity index (χ4n) is 0.616. The molecule has 0 rings (SSSR count). The van der Waals surface area contributed by atoms with Crippen LogP contribution in [0.2, 0.25) is 0 Å². The van der Waals surface area contributed by atoms with Crippen LogP contribution >= 0.6 is 0 Å². The molecule has 0 saturated heterocycles. The molecule has 0 aromatic rings. The minimum absolute atomic E-state index is 0.0912. The van der Waals surface area contributed by atoms with Crippen molar-refractivity contribution < 1.29 is 28.6 Å². The van der Waals surface area contributed by atoms with Crippen LogP contribution in [0.1, 0.15) is 0 Å². The number of rotatable bonds is 5. The molecular weight excluding hydrogens is 192 g/mol. The minimum atomic E-state index is -0.753. The van der Waals surface area contributed by atoms with Gasteiger partial charge in [0.25, 0.3) is 6.47 Å². The highest BCUT2D eigenvalue weighted by Crippen LogP contribution is 1.98. The van der Waals surface area contributed by atoms with Gasteiger partial charge in [0.05, 0.1) is 19.8 Å². The van der Waals surface area contributed by atoms with E-state index in [1.54, 1.807) is 0 Å². The van der Waals surface area contributed by atoms with Gasteiger partial charge >= 0.3 is 11.9 Å². The van der Waals surface area contributed by atoms with Crippen LogP contribution in [0.5, 0.6) is 0 Å². The van der Waals surface area contributed by atoms with Crippen molar-refractivity contribution in [3.63, 3.8) is 0 Å². The van der Waals surface area contributed by atoms with E-state index >= 15 is 0 Å². The maximum atomic E-state index is 11.0. The van der Waals surface area contributed by atoms with Crippen molar-refractivity contribution in [2.75, 3.05) is 20.8 Å². The van der Waals surface area contributed by atoms with Crippen molar-refractivity contribution in [2.45, 2.75) is 0 Å². The standard InChI is InChI=1S/C8H10O6/c1-12-7(10)3-6(4-14-5-9)8(11)13-2/h3,5H,4H2,1-2H3/b6-3+. The van der Waals surface area contributed by atoms with Gasteiger partial charge in [0, 0.05) is 6.08 Å². The van der Waals surface area contributed by atoms with Crippen LogP contribution in [-0.4, -0.2) is 39.2 Å². The minimum Gasteiger partial charge on any atom is -0.466 e. The Balaban J connectivity index is 4.52. The van der Waals surface area contributed by atoms with Crippen LogP contribution < -0.4 is 0 Å². The number of carbonyl (C=O) groups is 3. The first kappa shape index (κ1) is 12.2. The number of methoxy groups -OCH3 is 2. The molecule has 14 heavy (non-hydrogen) atoms. The fraction of sp³-hybridized carbons (Fsp3) is 0.375. The van der Waals surface area contributed by atoms with E-state index in [-0.39, 0.29) is 18.7 Å². The van der Waals surface area contributed by atoms with E-state index in [1.807, 2.05) is 0 Å². The summed E-state index contributed by atoms with van der Waals surface area (Å²) >= 11 is 0. The first-order valence-electron chi connectivity index (χ1n) is 3.57. The third kappa shape index (κ3) is 4.24. The second-order valence-corrected chi connectivity index (χ2v) is 2.09. The first-order chi connectivity index (χ1) is 6.65. The highest BCUT2D eigenvalue weighted by atomic mass is 16.5. The molecule has 0 fully saturated rings. The third-order valence-corrected chi connectivity index (χ3v) is 1.25. The van der Waals surface area contributed by atoms with Gasteiger partial charge in [-0.05, 0) is 0 Å². The summed E-state index contributed by atoms with van der Waals surface area (Å²) in [7, 11) is 2.31. The van der Waals surface area contributed by atoms with E-state index in [4.69, 9.17) is 0 Å². The van der Waals surface area contributed by atoms with Gasteiger partial charge in [0.2, 0.25) is 0 Å². The summed E-state index contributed by atoms with van der Waals surface area (Å²) in [6.45, 7) is -0.167. The fourth-order valence-corrected chi connectivity index (χ4v) is 0.616. The van der Waals surface area contributed by atoms with Gasteiger partial charge in [-0.15, -0.1) is 0 Å². The molecule has 0 N–H and O–H groups in total. The lowest BCUT2D eigenvalue weighted by Gasteiger charge is -2.02. The van der Waals surface area contributed by atoms with E-state index in [2.05, 4.69) is 14.2 Å². The Morgan fingerprint density at radius 2 is 1.86 bits per heavy atom. The third-order valence-electron chi connectivity index (χ3n) is 1.25. The summed E-state index contributed by atoms with van der Waals surface area (Å²) in [5.41, 5.74) is -0.0912. The van der Waals surface area contributed by atoms with Gasteiger partial charge in [0.15, 0.2) is 0 Å². The van der Waals surface area contributed by atoms with E-state index < -0.39 is 11.9 Å². The Labute approximate surface area is 80.4 Å². The predicted octanol–water partition coefficient (Wildman–Crippen LogP) is -0.568. The number of hydrogen-bond donors (Lipinski definition) is 0. The lowest BCUT2D eigenvalue weighted by Crippen LogP contribution is -2.13. The largest absolute Gasteiger partial charge is 0.466 e. The van der Waals surface area contributed by atoms with Gasteiger partial charge in [0.1, 0.15) is 6.61 Å². The van der Waals surface area contributed by atoms with Crippen LogP contribution in [0.4, 0.5) is 0 Å². The van der Waals surface area contributed by atoms with E-state index in [0.29, 0.717) is 0 Å². The monoisotopic (exact) mass is 202 g/mol. The van der Waals surface area contributed by atoms with Gasteiger partial charge < -0.3 is 14.2 Å². The van der Waals surface area contributed by atoms with Gasteiger partial charge in [-0.2, -0.15) is 0 Å². The second-order valence-electron chi connectivity index (χ2n) is 2.09. The van der Waals surface area contributed by atoms with E-state index in [9.17, 15) is 14.4 Å². The summed E-state index contributed by atoms with van der Waals surface area (Å²) in [6, 6.07) is 0. The molecule has 0 aliphatic rings. The molecule has 0 aliphatic carbocycles. The maximum absolute atomic E-state index is 11.0. The molecule has 0 aromatic carbocycles. The summed E-state index contributed by atoms with van der Waals surface area (Å²) < 4.78 is 12.9. The first-order valence-corrected chi connectivity index (χ1v) is 3.57. The highest BCUT2D eigenvalue weighted by molar-refractivity contribution is 5.96. The van der Waals surface area contributed by atoms with Crippen molar-refractivity contribution in [3.8, 4) is 0 Å². The lowest BCUT2D eigenvalue weighted by molar-refractivity contribution is -0.139. The Morgan fingerprint density at radius 1 is 1.21 bits per heavy atom. The SMILES string of the molecule is COC(=O)/C=C(\COC=O)C(=O)OC. The van der Waals surface area contributed by atoms with Gasteiger partial charge in [-0.25, -0.2) is 9.59 Å². The number of esters is 2. The van der Waals surface area contributed by atoms with Crippen LogP contribution in [0.3, 0.4) is 0 Å². The Bertz CT molecular complexity index is 255. The quantitative estimate of drug-likeness (QED) is 0.257. The summed E-state index contributed by atoms with van der Waals surface area (Å²) in [5, 5.41) is 0. The molecule has 0 aromatic heterocycles. The Kier molecular flexibility index (Phi) is 5.77. The number of carbonyl (C=O) groups excluding carboxylic acids is 3. The summed E-state index contributed by atoms with van der Waals surface area (Å²) in [6.07, 6.45) is 0.898. The number of ether oxygens (including phenoxy) is 3. The zero-order valence-corrected chi connectivity index (χ0v) is 7.81. The molecule has 0 unspecified atom stereocenters. The Hall–Kier alpha value is -1.85. The lowest BCUT2D eigenvalue weighted by atomic mass is 10.2. The summed E-state index contributed by atoms with van der Waals surface area (Å²) in [5.74, 6) is -1.47. The molecular formula is C8H10O6. The molecule has 78 valence electrons. The normalized spacial score (nSPS) is 10.3. The molecule has 0 bridgehead atoms. The molecule has 0 radical (unpaired) electrons. The van der Waals surface area contributed by atoms with Crippen molar-refractivity contribution in [2.24, 2.45) is 0 Å². The van der Waals surface area contributed by atoms with Gasteiger partial charge in [-0.3, -0.25) is 4.79 Å². The van der Waals surface area contributed by atoms with Crippen LogP contribution in [0.15, 0.2) is 11.6 Å². The maximum Gasteiger partial charge on any atom is 0.337 e. The van der Waals surface area contributed by atoms with Crippen LogP contribution in [0, 0.1) is 0 Å². The average molecular weight is 202 g/mol. The van der Waals surface area contributed by atoms with Crippen molar-refractivity contribution in [3.05, 3.63) is 11.6 Å². The molecule has 0 aliphatic heterocycles. The molecule has 0 amide bonds. The molecule has 6 heteroatoms. The van der Waals surface area contributed by atoms with Crippen molar-refractivity contribution >= 4 is 18.4 Å². The zero-order valence-electron chi connectivity index (χ0n) is 7.81. The van der Waals surface area contributed by atoms with Crippen LogP contribution in [0.25, 0.3) is 0 Å². The van der Waals surface area contributed by atoms with Crippen molar-refractivity contribution in [1.29, 1.82) is 0 Å². The van der Waals surface area contributed by atoms with Gasteiger partial charge in [-0.1, -0.05) is 0 Å². The van der Waals surface area contributed by atoms with Crippen LogP contribution in [-0.2, 0) is 28.6 Å². The zero-order chi connectivity index (χ0) is 11.0. The van der Waals surface area contributed by atoms with E-state index in [0.717, 1.165) is 20.3 Å².